The van der Waals surface area contributed by atoms with Crippen LogP contribution in [0.4, 0.5) is 16.2 Å². The van der Waals surface area contributed by atoms with Gasteiger partial charge in [0.15, 0.2) is 5.82 Å². The molecule has 3 heterocycles. The highest BCUT2D eigenvalue weighted by molar-refractivity contribution is 7.13. The van der Waals surface area contributed by atoms with Gasteiger partial charge in [-0.2, -0.15) is 4.98 Å². The number of hydrogen-bond donors (Lipinski definition) is 3. The second kappa shape index (κ2) is 24.0. The number of fused-ring (bicyclic) bond motifs is 2. The maximum Gasteiger partial charge on any atom is 0.246 e. The Morgan fingerprint density at radius 3 is 2.41 bits per heavy atom. The SMILES string of the molecule is C=CC(=O)N1CCN(c2nc(NCCC(=O)N(C)CCOCCOCCOCCOc3cc(-c4scnc4C)ccc3CNC=O)nc3c(F)c(-c4cc(O)cc5ccccc45)c(Cl)cc23)CC1. The molecule has 6 aromatic rings. The third-order valence-electron chi connectivity index (χ3n) is 11.3. The van der Waals surface area contributed by atoms with Gasteiger partial charge in [0.25, 0.3) is 0 Å². The number of nitrogens with zero attached hydrogens (tertiary/aromatic N) is 6. The van der Waals surface area contributed by atoms with E-state index in [0.717, 1.165) is 21.7 Å². The molecule has 0 bridgehead atoms. The number of nitrogens with one attached hydrogen (secondary N) is 2. The van der Waals surface area contributed by atoms with Gasteiger partial charge in [-0.25, -0.2) is 14.4 Å². The molecule has 7 rings (SSSR count). The number of piperazine rings is 1. The van der Waals surface area contributed by atoms with E-state index in [0.29, 0.717) is 125 Å². The number of ether oxygens (including phenoxy) is 4. The number of aromatic hydroxyl groups is 1. The molecule has 16 nitrogen and oxygen atoms in total. The lowest BCUT2D eigenvalue weighted by Gasteiger charge is -2.35. The van der Waals surface area contributed by atoms with Gasteiger partial charge >= 0.3 is 0 Å². The van der Waals surface area contributed by atoms with Crippen molar-refractivity contribution in [1.82, 2.24) is 30.1 Å². The van der Waals surface area contributed by atoms with E-state index in [1.165, 1.54) is 12.1 Å². The van der Waals surface area contributed by atoms with Crippen LogP contribution in [0.3, 0.4) is 0 Å². The average Bonchev–Trinajstić information content (AvgIpc) is 3.78. The van der Waals surface area contributed by atoms with Crippen LogP contribution >= 0.6 is 22.9 Å². The van der Waals surface area contributed by atoms with Gasteiger partial charge in [0.05, 0.1) is 60.7 Å². The molecular weight excluding hydrogens is 915 g/mol. The molecule has 1 fully saturated rings. The molecule has 3 N–H and O–H groups in total. The Hall–Kier alpha value is -6.44. The second-order valence-corrected chi connectivity index (χ2v) is 17.1. The zero-order chi connectivity index (χ0) is 48.0. The summed E-state index contributed by atoms with van der Waals surface area (Å²) in [5.74, 6) is 0.171. The zero-order valence-electron chi connectivity index (χ0n) is 38.0. The number of phenolic OH excluding ortho intramolecular Hbond substituents is 1. The quantitative estimate of drug-likeness (QED) is 0.0326. The molecular formula is C49H54ClFN8O8S. The van der Waals surface area contributed by atoms with Crippen LogP contribution in [0.2, 0.25) is 5.02 Å². The highest BCUT2D eigenvalue weighted by atomic mass is 35.5. The molecule has 3 amide bonds. The topological polar surface area (TPSA) is 181 Å². The van der Waals surface area contributed by atoms with Crippen molar-refractivity contribution in [2.24, 2.45) is 0 Å². The number of anilines is 2. The number of carbonyl (C=O) groups is 3. The molecule has 2 aromatic heterocycles. The number of amides is 3. The maximum absolute atomic E-state index is 16.9. The normalized spacial score (nSPS) is 12.6. The van der Waals surface area contributed by atoms with Gasteiger partial charge in [-0.3, -0.25) is 14.4 Å². The van der Waals surface area contributed by atoms with Gasteiger partial charge in [0.2, 0.25) is 24.2 Å². The van der Waals surface area contributed by atoms with Crippen LogP contribution < -0.4 is 20.3 Å². The van der Waals surface area contributed by atoms with Crippen LogP contribution in [0.25, 0.3) is 43.2 Å². The lowest BCUT2D eigenvalue weighted by Crippen LogP contribution is -2.48. The number of aryl methyl sites for hydroxylation is 1. The first-order valence-corrected chi connectivity index (χ1v) is 23.4. The highest BCUT2D eigenvalue weighted by Crippen LogP contribution is 2.42. The molecule has 0 saturated carbocycles. The molecule has 19 heteroatoms. The fourth-order valence-corrected chi connectivity index (χ4v) is 8.87. The van der Waals surface area contributed by atoms with E-state index < -0.39 is 5.82 Å². The van der Waals surface area contributed by atoms with E-state index in [1.807, 2.05) is 59.8 Å². The summed E-state index contributed by atoms with van der Waals surface area (Å²) >= 11 is 8.42. The van der Waals surface area contributed by atoms with Crippen LogP contribution in [0.5, 0.6) is 11.5 Å². The number of benzene rings is 4. The summed E-state index contributed by atoms with van der Waals surface area (Å²) in [5, 5.41) is 18.3. The summed E-state index contributed by atoms with van der Waals surface area (Å²) in [7, 11) is 1.69. The summed E-state index contributed by atoms with van der Waals surface area (Å²) < 4.78 is 40.0. The minimum atomic E-state index is -0.687. The molecule has 0 atom stereocenters. The number of aromatic nitrogens is 3. The fourth-order valence-electron chi connectivity index (χ4n) is 7.77. The van der Waals surface area contributed by atoms with Crippen molar-refractivity contribution in [2.45, 2.75) is 19.9 Å². The zero-order valence-corrected chi connectivity index (χ0v) is 39.5. The smallest absolute Gasteiger partial charge is 0.246 e. The number of phenols is 1. The number of carbonyl (C=O) groups excluding carboxylic acids is 3. The van der Waals surface area contributed by atoms with Crippen molar-refractivity contribution in [3.8, 4) is 33.1 Å². The predicted octanol–water partition coefficient (Wildman–Crippen LogP) is 6.85. The Kier molecular flexibility index (Phi) is 17.5. The van der Waals surface area contributed by atoms with Crippen LogP contribution in [0, 0.1) is 12.7 Å². The number of likely N-dealkylation sites (N-methyl/N-ethyl adjacent to an activating group) is 1. The van der Waals surface area contributed by atoms with Crippen molar-refractivity contribution < 1.29 is 42.8 Å². The third kappa shape index (κ3) is 12.4. The first-order valence-electron chi connectivity index (χ1n) is 22.2. The molecule has 1 aliphatic heterocycles. The van der Waals surface area contributed by atoms with Gasteiger partial charge in [0, 0.05) is 75.8 Å². The first kappa shape index (κ1) is 49.5. The molecule has 0 radical (unpaired) electrons. The van der Waals surface area contributed by atoms with Crippen LogP contribution in [0.1, 0.15) is 17.7 Å². The van der Waals surface area contributed by atoms with Crippen molar-refractivity contribution >= 4 is 74.6 Å². The molecule has 1 aliphatic rings. The van der Waals surface area contributed by atoms with Crippen molar-refractivity contribution in [3.63, 3.8) is 0 Å². The largest absolute Gasteiger partial charge is 0.508 e. The molecule has 1 saturated heterocycles. The Bertz CT molecular complexity index is 2740. The van der Waals surface area contributed by atoms with Gasteiger partial charge < -0.3 is 49.4 Å². The van der Waals surface area contributed by atoms with Gasteiger partial charge in [-0.05, 0) is 59.2 Å². The van der Waals surface area contributed by atoms with E-state index in [9.17, 15) is 19.5 Å². The first-order chi connectivity index (χ1) is 33.1. The monoisotopic (exact) mass is 968 g/mol. The van der Waals surface area contributed by atoms with Crippen LogP contribution in [0.15, 0.2) is 78.8 Å². The fraction of sp³-hybridized carbons (Fsp3) is 0.347. The van der Waals surface area contributed by atoms with Crippen molar-refractivity contribution in [2.75, 3.05) is 103 Å². The van der Waals surface area contributed by atoms with Crippen molar-refractivity contribution in [3.05, 3.63) is 101 Å². The van der Waals surface area contributed by atoms with Crippen molar-refractivity contribution in [1.29, 1.82) is 0 Å². The molecule has 0 aliphatic carbocycles. The lowest BCUT2D eigenvalue weighted by molar-refractivity contribution is -0.130. The summed E-state index contributed by atoms with van der Waals surface area (Å²) in [6, 6.07) is 17.9. The summed E-state index contributed by atoms with van der Waals surface area (Å²) in [5.41, 5.74) is 5.11. The Morgan fingerprint density at radius 2 is 1.69 bits per heavy atom. The summed E-state index contributed by atoms with van der Waals surface area (Å²) in [4.78, 5) is 56.3. The minimum absolute atomic E-state index is 0.0112. The number of hydrogen-bond acceptors (Lipinski definition) is 14. The molecule has 68 heavy (non-hydrogen) atoms. The minimum Gasteiger partial charge on any atom is -0.508 e. The summed E-state index contributed by atoms with van der Waals surface area (Å²) in [6.07, 6.45) is 2.04. The lowest BCUT2D eigenvalue weighted by atomic mass is 9.96. The molecule has 0 unspecified atom stereocenters. The van der Waals surface area contributed by atoms with Gasteiger partial charge in [-0.1, -0.05) is 54.6 Å². The van der Waals surface area contributed by atoms with Crippen LogP contribution in [-0.2, 0) is 35.1 Å². The number of thiazole rings is 1. The molecule has 4 aromatic carbocycles. The standard InChI is InChI=1S/C49H54ClFN8O8S/c1-4-42(62)58-13-15-59(16-14-58)48-39-28-40(50)44(38-27-36(61)25-33-7-5-6-8-37(33)38)45(51)46(39)55-49(56-48)53-12-11-43(63)57(3)17-18-64-19-20-65-21-22-66-23-24-67-41-26-34(47-32(2)54-31-68-47)9-10-35(41)29-52-30-60/h4-10,25-28,30-31,61H,1,11-24,29H2,2-3H3,(H,52,60)(H,53,55,56). The Balaban J connectivity index is 0.862. The Labute approximate surface area is 402 Å². The van der Waals surface area contributed by atoms with Gasteiger partial charge in [0.1, 0.15) is 29.4 Å². The predicted molar refractivity (Wildman–Crippen MR) is 262 cm³/mol. The summed E-state index contributed by atoms with van der Waals surface area (Å²) in [6.45, 7) is 10.5. The molecule has 358 valence electrons. The van der Waals surface area contributed by atoms with E-state index in [1.54, 1.807) is 40.3 Å². The molecule has 0 spiro atoms. The number of halogens is 2. The van der Waals surface area contributed by atoms with Crippen LogP contribution in [-0.4, -0.2) is 141 Å². The van der Waals surface area contributed by atoms with Gasteiger partial charge in [-0.15, -0.1) is 11.3 Å². The van der Waals surface area contributed by atoms with E-state index in [-0.39, 0.29) is 52.6 Å². The van der Waals surface area contributed by atoms with E-state index in [2.05, 4.69) is 27.2 Å². The maximum atomic E-state index is 16.9. The Morgan fingerprint density at radius 1 is 0.956 bits per heavy atom. The third-order valence-corrected chi connectivity index (χ3v) is 12.6. The van der Waals surface area contributed by atoms with E-state index in [4.69, 9.17) is 35.5 Å². The highest BCUT2D eigenvalue weighted by Gasteiger charge is 2.27. The number of rotatable bonds is 24. The second-order valence-electron chi connectivity index (χ2n) is 15.8. The average molecular weight is 970 g/mol. The van der Waals surface area contributed by atoms with E-state index >= 15 is 4.39 Å².